The fraction of sp³-hybridized carbons (Fsp3) is 0.375. The van der Waals surface area contributed by atoms with E-state index in [-0.39, 0.29) is 13.2 Å². The largest absolute Gasteiger partial charge is 0.394 e. The summed E-state index contributed by atoms with van der Waals surface area (Å²) >= 11 is 5.64. The summed E-state index contributed by atoms with van der Waals surface area (Å²) in [5, 5.41) is 20.7. The van der Waals surface area contributed by atoms with Gasteiger partial charge in [0.1, 0.15) is 11.0 Å². The molecule has 0 saturated carbocycles. The van der Waals surface area contributed by atoms with Crippen LogP contribution in [0.1, 0.15) is 0 Å². The van der Waals surface area contributed by atoms with E-state index in [0.29, 0.717) is 11.0 Å². The minimum Gasteiger partial charge on any atom is -0.394 e. The van der Waals surface area contributed by atoms with Gasteiger partial charge in [-0.1, -0.05) is 17.7 Å². The van der Waals surface area contributed by atoms with Crippen molar-refractivity contribution < 1.29 is 10.2 Å². The second-order valence-corrected chi connectivity index (χ2v) is 2.94. The van der Waals surface area contributed by atoms with Crippen molar-refractivity contribution in [3.8, 4) is 0 Å². The SMILES string of the molecule is OCC(CO)Nc1cccc(Cl)n1. The summed E-state index contributed by atoms with van der Waals surface area (Å²) in [6, 6.07) is 4.71. The molecule has 0 radical (unpaired) electrons. The average molecular weight is 203 g/mol. The lowest BCUT2D eigenvalue weighted by Gasteiger charge is -2.13. The van der Waals surface area contributed by atoms with Crippen molar-refractivity contribution in [2.24, 2.45) is 0 Å². The molecule has 0 atom stereocenters. The summed E-state index contributed by atoms with van der Waals surface area (Å²) in [5.41, 5.74) is 0. The number of hydrogen-bond donors (Lipinski definition) is 3. The topological polar surface area (TPSA) is 65.4 Å². The summed E-state index contributed by atoms with van der Waals surface area (Å²) in [7, 11) is 0. The highest BCUT2D eigenvalue weighted by atomic mass is 35.5. The number of rotatable bonds is 4. The highest BCUT2D eigenvalue weighted by Crippen LogP contribution is 2.09. The van der Waals surface area contributed by atoms with Crippen molar-refractivity contribution in [2.75, 3.05) is 18.5 Å². The molecule has 1 rings (SSSR count). The number of halogens is 1. The van der Waals surface area contributed by atoms with Gasteiger partial charge < -0.3 is 15.5 Å². The molecule has 0 fully saturated rings. The van der Waals surface area contributed by atoms with E-state index in [2.05, 4.69) is 10.3 Å². The summed E-state index contributed by atoms with van der Waals surface area (Å²) in [5.74, 6) is 0.542. The molecule has 0 saturated heterocycles. The number of pyridine rings is 1. The second kappa shape index (κ2) is 5.01. The fourth-order valence-electron chi connectivity index (χ4n) is 0.847. The maximum Gasteiger partial charge on any atom is 0.131 e. The molecule has 0 aliphatic carbocycles. The smallest absolute Gasteiger partial charge is 0.131 e. The van der Waals surface area contributed by atoms with Crippen LogP contribution >= 0.6 is 11.6 Å². The highest BCUT2D eigenvalue weighted by molar-refractivity contribution is 6.29. The van der Waals surface area contributed by atoms with Crippen LogP contribution in [0.3, 0.4) is 0 Å². The molecule has 0 bridgehead atoms. The third kappa shape index (κ3) is 3.18. The summed E-state index contributed by atoms with van der Waals surface area (Å²) in [4.78, 5) is 3.94. The van der Waals surface area contributed by atoms with Gasteiger partial charge in [0.2, 0.25) is 0 Å². The molecule has 0 aliphatic heterocycles. The monoisotopic (exact) mass is 202 g/mol. The number of aliphatic hydroxyl groups is 2. The van der Waals surface area contributed by atoms with Gasteiger partial charge in [0.05, 0.1) is 19.3 Å². The van der Waals surface area contributed by atoms with Crippen molar-refractivity contribution in [3.63, 3.8) is 0 Å². The first-order valence-electron chi connectivity index (χ1n) is 3.87. The first-order chi connectivity index (χ1) is 6.26. The average Bonchev–Trinajstić information content (AvgIpc) is 2.14. The molecule has 72 valence electrons. The van der Waals surface area contributed by atoms with Crippen LogP contribution in [0.2, 0.25) is 5.15 Å². The van der Waals surface area contributed by atoms with Gasteiger partial charge in [0.25, 0.3) is 0 Å². The van der Waals surface area contributed by atoms with Crippen LogP contribution in [0.5, 0.6) is 0 Å². The highest BCUT2D eigenvalue weighted by Gasteiger charge is 2.05. The van der Waals surface area contributed by atoms with Crippen LogP contribution in [0, 0.1) is 0 Å². The minimum atomic E-state index is -0.397. The minimum absolute atomic E-state index is 0.148. The van der Waals surface area contributed by atoms with Gasteiger partial charge in [0.15, 0.2) is 0 Å². The summed E-state index contributed by atoms with van der Waals surface area (Å²) in [6.07, 6.45) is 0. The molecule has 0 aromatic carbocycles. The van der Waals surface area contributed by atoms with Gasteiger partial charge in [-0.3, -0.25) is 0 Å². The van der Waals surface area contributed by atoms with Gasteiger partial charge in [0, 0.05) is 0 Å². The molecular formula is C8H11ClN2O2. The molecule has 0 spiro atoms. The standard InChI is InChI=1S/C8H11ClN2O2/c9-7-2-1-3-8(11-7)10-6(4-12)5-13/h1-3,6,12-13H,4-5H2,(H,10,11). The lowest BCUT2D eigenvalue weighted by atomic mass is 10.3. The van der Waals surface area contributed by atoms with Crippen molar-refractivity contribution in [1.82, 2.24) is 4.98 Å². The normalized spacial score (nSPS) is 10.5. The number of nitrogens with zero attached hydrogens (tertiary/aromatic N) is 1. The Balaban J connectivity index is 2.62. The van der Waals surface area contributed by atoms with Crippen molar-refractivity contribution in [3.05, 3.63) is 23.4 Å². The Morgan fingerprint density at radius 2 is 2.08 bits per heavy atom. The van der Waals surface area contributed by atoms with Crippen molar-refractivity contribution in [2.45, 2.75) is 6.04 Å². The molecule has 13 heavy (non-hydrogen) atoms. The Labute approximate surface area is 81.2 Å². The Kier molecular flexibility index (Phi) is 3.95. The predicted molar refractivity (Wildman–Crippen MR) is 50.8 cm³/mol. The molecule has 0 unspecified atom stereocenters. The zero-order chi connectivity index (χ0) is 9.68. The van der Waals surface area contributed by atoms with E-state index in [9.17, 15) is 0 Å². The molecule has 1 aromatic rings. The zero-order valence-corrected chi connectivity index (χ0v) is 7.70. The Morgan fingerprint density at radius 3 is 2.62 bits per heavy atom. The van der Waals surface area contributed by atoms with Gasteiger partial charge in [-0.25, -0.2) is 4.98 Å². The third-order valence-electron chi connectivity index (χ3n) is 1.51. The number of hydrogen-bond acceptors (Lipinski definition) is 4. The van der Waals surface area contributed by atoms with Crippen molar-refractivity contribution in [1.29, 1.82) is 0 Å². The summed E-state index contributed by atoms with van der Waals surface area (Å²) < 4.78 is 0. The maximum atomic E-state index is 8.77. The number of nitrogens with one attached hydrogen (secondary N) is 1. The van der Waals surface area contributed by atoms with Gasteiger partial charge in [-0.15, -0.1) is 0 Å². The van der Waals surface area contributed by atoms with Crippen LogP contribution in [0.15, 0.2) is 18.2 Å². The van der Waals surface area contributed by atoms with E-state index >= 15 is 0 Å². The van der Waals surface area contributed by atoms with Crippen LogP contribution in [0.25, 0.3) is 0 Å². The van der Waals surface area contributed by atoms with E-state index in [0.717, 1.165) is 0 Å². The second-order valence-electron chi connectivity index (χ2n) is 2.55. The molecule has 5 heteroatoms. The molecule has 4 nitrogen and oxygen atoms in total. The Bertz CT molecular complexity index is 266. The van der Waals surface area contributed by atoms with Crippen molar-refractivity contribution >= 4 is 17.4 Å². The fourth-order valence-corrected chi connectivity index (χ4v) is 1.01. The van der Waals surface area contributed by atoms with E-state index in [1.165, 1.54) is 0 Å². The number of aromatic nitrogens is 1. The number of aliphatic hydroxyl groups excluding tert-OH is 2. The quantitative estimate of drug-likeness (QED) is 0.623. The zero-order valence-electron chi connectivity index (χ0n) is 6.94. The number of anilines is 1. The lowest BCUT2D eigenvalue weighted by molar-refractivity contribution is 0.203. The Morgan fingerprint density at radius 1 is 1.38 bits per heavy atom. The maximum absolute atomic E-state index is 8.77. The molecule has 0 aliphatic rings. The van der Waals surface area contributed by atoms with Gasteiger partial charge in [-0.05, 0) is 12.1 Å². The molecule has 1 heterocycles. The van der Waals surface area contributed by atoms with Crippen LogP contribution in [-0.2, 0) is 0 Å². The first kappa shape index (κ1) is 10.2. The molecule has 0 amide bonds. The lowest BCUT2D eigenvalue weighted by Crippen LogP contribution is -2.28. The van der Waals surface area contributed by atoms with E-state index in [1.807, 2.05) is 0 Å². The van der Waals surface area contributed by atoms with Crippen LogP contribution in [0.4, 0.5) is 5.82 Å². The molecule has 3 N–H and O–H groups in total. The van der Waals surface area contributed by atoms with E-state index in [4.69, 9.17) is 21.8 Å². The molecule has 1 aromatic heterocycles. The first-order valence-corrected chi connectivity index (χ1v) is 4.25. The molecular weight excluding hydrogens is 192 g/mol. The van der Waals surface area contributed by atoms with Gasteiger partial charge in [-0.2, -0.15) is 0 Å². The van der Waals surface area contributed by atoms with Crippen LogP contribution in [-0.4, -0.2) is 34.5 Å². The van der Waals surface area contributed by atoms with Crippen LogP contribution < -0.4 is 5.32 Å². The van der Waals surface area contributed by atoms with E-state index < -0.39 is 6.04 Å². The predicted octanol–water partition coefficient (Wildman–Crippen LogP) is 0.500. The van der Waals surface area contributed by atoms with E-state index in [1.54, 1.807) is 18.2 Å². The summed E-state index contributed by atoms with van der Waals surface area (Å²) in [6.45, 7) is -0.296. The van der Waals surface area contributed by atoms with Gasteiger partial charge >= 0.3 is 0 Å². The Hall–Kier alpha value is -0.840. The third-order valence-corrected chi connectivity index (χ3v) is 1.72.